The van der Waals surface area contributed by atoms with E-state index in [4.69, 9.17) is 0 Å². The predicted molar refractivity (Wildman–Crippen MR) is 36.1 cm³/mol. The summed E-state index contributed by atoms with van der Waals surface area (Å²) >= 11 is 0. The van der Waals surface area contributed by atoms with Crippen molar-refractivity contribution in [3.05, 3.63) is 12.4 Å². The number of nitrogens with zero attached hydrogens (tertiary/aromatic N) is 4. The fourth-order valence-corrected chi connectivity index (χ4v) is 1.16. The molecule has 0 radical (unpaired) electrons. The molecule has 1 aliphatic rings. The van der Waals surface area contributed by atoms with Gasteiger partial charge in [-0.25, -0.2) is 4.68 Å². The van der Waals surface area contributed by atoms with E-state index in [0.717, 1.165) is 30.8 Å². The summed E-state index contributed by atoms with van der Waals surface area (Å²) in [7, 11) is 0. The van der Waals surface area contributed by atoms with Gasteiger partial charge in [-0.05, 0) is 23.3 Å². The molecule has 0 amide bonds. The lowest BCUT2D eigenvalue weighted by molar-refractivity contribution is 0.664. The number of tetrazole rings is 1. The molecule has 0 saturated carbocycles. The Morgan fingerprint density at radius 2 is 2.30 bits per heavy atom. The first kappa shape index (κ1) is 5.58. The first-order valence-electron chi connectivity index (χ1n) is 3.33. The Morgan fingerprint density at radius 1 is 1.40 bits per heavy atom. The molecule has 2 heterocycles. The fraction of sp³-hybridized carbons (Fsp3) is 0.500. The summed E-state index contributed by atoms with van der Waals surface area (Å²) in [5.41, 5.74) is 1.01. The SMILES string of the molecule is C=C1CCCc2nnnn21. The van der Waals surface area contributed by atoms with Crippen molar-refractivity contribution in [3.63, 3.8) is 0 Å². The van der Waals surface area contributed by atoms with Gasteiger partial charge in [-0.3, -0.25) is 0 Å². The number of allylic oxidation sites excluding steroid dienone is 1. The lowest BCUT2D eigenvalue weighted by Gasteiger charge is -2.11. The Hall–Kier alpha value is -1.19. The molecular formula is C6H8N4. The smallest absolute Gasteiger partial charge is 0.156 e. The number of hydrogen-bond acceptors (Lipinski definition) is 3. The van der Waals surface area contributed by atoms with Crippen molar-refractivity contribution in [2.24, 2.45) is 0 Å². The van der Waals surface area contributed by atoms with E-state index < -0.39 is 0 Å². The van der Waals surface area contributed by atoms with E-state index in [1.54, 1.807) is 4.68 Å². The summed E-state index contributed by atoms with van der Waals surface area (Å²) < 4.78 is 1.73. The largest absolute Gasteiger partial charge is 0.202 e. The third-order valence-corrected chi connectivity index (χ3v) is 1.70. The van der Waals surface area contributed by atoms with Crippen LogP contribution < -0.4 is 0 Å². The molecule has 2 rings (SSSR count). The summed E-state index contributed by atoms with van der Waals surface area (Å²) in [4.78, 5) is 0. The highest BCUT2D eigenvalue weighted by Gasteiger charge is 2.13. The molecule has 0 atom stereocenters. The van der Waals surface area contributed by atoms with Gasteiger partial charge >= 0.3 is 0 Å². The molecule has 4 heteroatoms. The molecule has 0 saturated heterocycles. The minimum Gasteiger partial charge on any atom is -0.202 e. The van der Waals surface area contributed by atoms with Crippen LogP contribution in [0.25, 0.3) is 5.70 Å². The molecule has 0 fully saturated rings. The van der Waals surface area contributed by atoms with Crippen LogP contribution in [-0.4, -0.2) is 20.2 Å². The van der Waals surface area contributed by atoms with Crippen molar-refractivity contribution in [2.75, 3.05) is 0 Å². The maximum Gasteiger partial charge on any atom is 0.156 e. The highest BCUT2D eigenvalue weighted by atomic mass is 15.5. The van der Waals surface area contributed by atoms with Crippen LogP contribution in [0.2, 0.25) is 0 Å². The third-order valence-electron chi connectivity index (χ3n) is 1.70. The summed E-state index contributed by atoms with van der Waals surface area (Å²) in [5.74, 6) is 0.941. The second-order valence-corrected chi connectivity index (χ2v) is 2.43. The number of aromatic nitrogens is 4. The number of hydrogen-bond donors (Lipinski definition) is 0. The monoisotopic (exact) mass is 136 g/mol. The molecule has 0 spiro atoms. The molecule has 0 bridgehead atoms. The van der Waals surface area contributed by atoms with Crippen LogP contribution in [0.4, 0.5) is 0 Å². The van der Waals surface area contributed by atoms with E-state index in [0.29, 0.717) is 0 Å². The standard InChI is InChI=1S/C6H8N4/c1-5-3-2-4-6-7-8-9-10(5)6/h1-4H2. The third kappa shape index (κ3) is 0.650. The minimum atomic E-state index is 0.941. The van der Waals surface area contributed by atoms with Crippen molar-refractivity contribution < 1.29 is 0 Å². The lowest BCUT2D eigenvalue weighted by Crippen LogP contribution is -2.09. The predicted octanol–water partition coefficient (Wildman–Crippen LogP) is 0.480. The summed E-state index contributed by atoms with van der Waals surface area (Å²) in [6.07, 6.45) is 3.11. The zero-order valence-corrected chi connectivity index (χ0v) is 5.62. The first-order chi connectivity index (χ1) is 4.88. The van der Waals surface area contributed by atoms with Crippen molar-refractivity contribution in [2.45, 2.75) is 19.3 Å². The van der Waals surface area contributed by atoms with Gasteiger partial charge in [0.05, 0.1) is 0 Å². The average Bonchev–Trinajstić information content (AvgIpc) is 2.36. The number of aryl methyl sites for hydroxylation is 1. The molecule has 52 valence electrons. The summed E-state index contributed by atoms with van der Waals surface area (Å²) in [6, 6.07) is 0. The normalized spacial score (nSPS) is 17.0. The fourth-order valence-electron chi connectivity index (χ4n) is 1.16. The molecule has 0 N–H and O–H groups in total. The molecule has 1 aliphatic heterocycles. The van der Waals surface area contributed by atoms with Gasteiger partial charge in [-0.15, -0.1) is 5.10 Å². The van der Waals surface area contributed by atoms with Gasteiger partial charge < -0.3 is 0 Å². The van der Waals surface area contributed by atoms with Crippen molar-refractivity contribution in [1.29, 1.82) is 0 Å². The average molecular weight is 136 g/mol. The van der Waals surface area contributed by atoms with Crippen LogP contribution >= 0.6 is 0 Å². The van der Waals surface area contributed by atoms with Crippen molar-refractivity contribution in [3.8, 4) is 0 Å². The molecule has 1 aromatic rings. The second-order valence-electron chi connectivity index (χ2n) is 2.43. The molecule has 10 heavy (non-hydrogen) atoms. The lowest BCUT2D eigenvalue weighted by atomic mass is 10.1. The van der Waals surface area contributed by atoms with E-state index in [1.165, 1.54) is 0 Å². The van der Waals surface area contributed by atoms with E-state index in [2.05, 4.69) is 22.1 Å². The molecule has 0 aliphatic carbocycles. The van der Waals surface area contributed by atoms with Crippen molar-refractivity contribution >= 4 is 5.70 Å². The topological polar surface area (TPSA) is 43.6 Å². The Bertz CT molecular complexity index is 262. The number of fused-ring (bicyclic) bond motifs is 1. The maximum atomic E-state index is 3.85. The van der Waals surface area contributed by atoms with Crippen LogP contribution in [0, 0.1) is 0 Å². The van der Waals surface area contributed by atoms with Crippen LogP contribution in [-0.2, 0) is 6.42 Å². The van der Waals surface area contributed by atoms with E-state index in [1.807, 2.05) is 0 Å². The van der Waals surface area contributed by atoms with Crippen molar-refractivity contribution in [1.82, 2.24) is 20.2 Å². The Labute approximate surface area is 58.5 Å². The van der Waals surface area contributed by atoms with Gasteiger partial charge in [-0.1, -0.05) is 6.58 Å². The first-order valence-corrected chi connectivity index (χ1v) is 3.33. The second kappa shape index (κ2) is 1.90. The van der Waals surface area contributed by atoms with Crippen LogP contribution in [0.15, 0.2) is 6.58 Å². The minimum absolute atomic E-state index is 0.941. The molecule has 1 aromatic heterocycles. The highest BCUT2D eigenvalue weighted by Crippen LogP contribution is 2.17. The van der Waals surface area contributed by atoms with Crippen LogP contribution in [0.3, 0.4) is 0 Å². The summed E-state index contributed by atoms with van der Waals surface area (Å²) in [5, 5.41) is 11.2. The number of rotatable bonds is 0. The molecule has 0 aromatic carbocycles. The van der Waals surface area contributed by atoms with E-state index in [-0.39, 0.29) is 0 Å². The molecular weight excluding hydrogens is 128 g/mol. The highest BCUT2D eigenvalue weighted by molar-refractivity contribution is 5.41. The Balaban J connectivity index is 2.50. The van der Waals surface area contributed by atoms with Crippen LogP contribution in [0.1, 0.15) is 18.7 Å². The molecule has 0 unspecified atom stereocenters. The zero-order valence-electron chi connectivity index (χ0n) is 5.62. The maximum absolute atomic E-state index is 3.85. The van der Waals surface area contributed by atoms with Gasteiger partial charge in [-0.2, -0.15) is 0 Å². The van der Waals surface area contributed by atoms with Gasteiger partial charge in [0.25, 0.3) is 0 Å². The van der Waals surface area contributed by atoms with Gasteiger partial charge in [0.1, 0.15) is 0 Å². The zero-order chi connectivity index (χ0) is 6.97. The molecule has 4 nitrogen and oxygen atoms in total. The Morgan fingerprint density at radius 3 is 3.10 bits per heavy atom. The van der Waals surface area contributed by atoms with E-state index >= 15 is 0 Å². The quantitative estimate of drug-likeness (QED) is 0.521. The Kier molecular flexibility index (Phi) is 1.06. The van der Waals surface area contributed by atoms with Crippen LogP contribution in [0.5, 0.6) is 0 Å². The summed E-state index contributed by atoms with van der Waals surface area (Å²) in [6.45, 7) is 3.85. The van der Waals surface area contributed by atoms with Gasteiger partial charge in [0.15, 0.2) is 5.82 Å². The van der Waals surface area contributed by atoms with Gasteiger partial charge in [0.2, 0.25) is 0 Å². The van der Waals surface area contributed by atoms with Gasteiger partial charge in [0, 0.05) is 12.1 Å². The van der Waals surface area contributed by atoms with E-state index in [9.17, 15) is 0 Å².